The molecule has 2 rings (SSSR count). The van der Waals surface area contributed by atoms with E-state index in [9.17, 15) is 0 Å². The number of aromatic nitrogens is 2. The van der Waals surface area contributed by atoms with Gasteiger partial charge in [-0.05, 0) is 35.8 Å². The number of nitrogens with zero attached hydrogens (tertiary/aromatic N) is 2. The van der Waals surface area contributed by atoms with Gasteiger partial charge in [-0.25, -0.2) is 0 Å². The first kappa shape index (κ1) is 15.1. The average Bonchev–Trinajstić information content (AvgIpc) is 2.70. The van der Waals surface area contributed by atoms with Gasteiger partial charge in [0.2, 0.25) is 0 Å². The monoisotopic (exact) mass is 337 g/mol. The molecule has 0 aliphatic carbocycles. The molecule has 4 nitrogen and oxygen atoms in total. The molecule has 0 saturated carbocycles. The predicted octanol–water partition coefficient (Wildman–Crippen LogP) is 3.35. The van der Waals surface area contributed by atoms with Crippen LogP contribution in [0.4, 0.5) is 0 Å². The van der Waals surface area contributed by atoms with Crippen LogP contribution in [0, 0.1) is 6.92 Å². The van der Waals surface area contributed by atoms with Crippen LogP contribution in [0.1, 0.15) is 29.9 Å². The first-order valence-corrected chi connectivity index (χ1v) is 7.38. The van der Waals surface area contributed by atoms with Gasteiger partial charge in [-0.3, -0.25) is 4.68 Å². The van der Waals surface area contributed by atoms with Crippen LogP contribution in [0.25, 0.3) is 0 Å². The van der Waals surface area contributed by atoms with Crippen molar-refractivity contribution in [1.82, 2.24) is 15.1 Å². The van der Waals surface area contributed by atoms with Crippen LogP contribution in [0.15, 0.2) is 28.7 Å². The summed E-state index contributed by atoms with van der Waals surface area (Å²) in [6.07, 6.45) is 0. The Morgan fingerprint density at radius 1 is 1.40 bits per heavy atom. The molecule has 0 amide bonds. The van der Waals surface area contributed by atoms with Crippen LogP contribution in [0.3, 0.4) is 0 Å². The number of halogens is 1. The fraction of sp³-hybridized carbons (Fsp3) is 0.400. The smallest absolute Gasteiger partial charge is 0.123 e. The number of benzene rings is 1. The maximum absolute atomic E-state index is 5.40. The maximum Gasteiger partial charge on any atom is 0.123 e. The number of hydrogen-bond donors (Lipinski definition) is 1. The van der Waals surface area contributed by atoms with Gasteiger partial charge < -0.3 is 10.1 Å². The van der Waals surface area contributed by atoms with Crippen LogP contribution < -0.4 is 10.1 Å². The second kappa shape index (κ2) is 6.41. The largest absolute Gasteiger partial charge is 0.496 e. The van der Waals surface area contributed by atoms with E-state index in [0.29, 0.717) is 0 Å². The minimum absolute atomic E-state index is 0.202. The number of nitrogens with one attached hydrogen (secondary N) is 1. The van der Waals surface area contributed by atoms with Crippen LogP contribution in [-0.4, -0.2) is 16.9 Å². The summed E-state index contributed by atoms with van der Waals surface area (Å²) in [5, 5.41) is 7.91. The van der Waals surface area contributed by atoms with Crippen molar-refractivity contribution in [3.63, 3.8) is 0 Å². The highest BCUT2D eigenvalue weighted by molar-refractivity contribution is 9.10. The molecular weight excluding hydrogens is 318 g/mol. The second-order valence-electron chi connectivity index (χ2n) is 4.81. The molecule has 108 valence electrons. The molecular formula is C15H20BrN3O. The molecule has 1 atom stereocenters. The first-order chi connectivity index (χ1) is 9.54. The van der Waals surface area contributed by atoms with E-state index in [1.54, 1.807) is 7.11 Å². The summed E-state index contributed by atoms with van der Waals surface area (Å²) >= 11 is 3.59. The number of ether oxygens (including phenoxy) is 1. The van der Waals surface area contributed by atoms with E-state index in [4.69, 9.17) is 4.74 Å². The fourth-order valence-corrected chi connectivity index (χ4v) is 2.73. The van der Waals surface area contributed by atoms with Crippen molar-refractivity contribution in [2.24, 2.45) is 7.05 Å². The summed E-state index contributed by atoms with van der Waals surface area (Å²) in [6.45, 7) is 4.88. The van der Waals surface area contributed by atoms with E-state index in [-0.39, 0.29) is 6.04 Å². The van der Waals surface area contributed by atoms with Crippen molar-refractivity contribution in [3.8, 4) is 5.75 Å². The Kier molecular flexibility index (Phi) is 4.83. The van der Waals surface area contributed by atoms with Crippen LogP contribution in [0.5, 0.6) is 5.75 Å². The van der Waals surface area contributed by atoms with Gasteiger partial charge in [0.1, 0.15) is 5.75 Å². The molecule has 0 bridgehead atoms. The van der Waals surface area contributed by atoms with Crippen molar-refractivity contribution in [2.75, 3.05) is 7.11 Å². The maximum atomic E-state index is 5.40. The van der Waals surface area contributed by atoms with E-state index < -0.39 is 0 Å². The van der Waals surface area contributed by atoms with E-state index in [1.165, 1.54) is 0 Å². The van der Waals surface area contributed by atoms with E-state index in [1.807, 2.05) is 36.9 Å². The number of hydrogen-bond acceptors (Lipinski definition) is 3. The van der Waals surface area contributed by atoms with Gasteiger partial charge in [-0.1, -0.05) is 18.2 Å². The van der Waals surface area contributed by atoms with Crippen LogP contribution in [-0.2, 0) is 13.6 Å². The highest BCUT2D eigenvalue weighted by atomic mass is 79.9. The van der Waals surface area contributed by atoms with Gasteiger partial charge >= 0.3 is 0 Å². The van der Waals surface area contributed by atoms with Crippen molar-refractivity contribution >= 4 is 15.9 Å². The molecule has 1 aromatic carbocycles. The quantitative estimate of drug-likeness (QED) is 0.909. The lowest BCUT2D eigenvalue weighted by Gasteiger charge is -2.17. The van der Waals surface area contributed by atoms with Crippen molar-refractivity contribution in [3.05, 3.63) is 45.7 Å². The number of para-hydroxylation sites is 1. The van der Waals surface area contributed by atoms with E-state index >= 15 is 0 Å². The topological polar surface area (TPSA) is 39.1 Å². The summed E-state index contributed by atoms with van der Waals surface area (Å²) in [7, 11) is 3.66. The van der Waals surface area contributed by atoms with Gasteiger partial charge in [0.05, 0.1) is 23.0 Å². The predicted molar refractivity (Wildman–Crippen MR) is 83.9 cm³/mol. The first-order valence-electron chi connectivity index (χ1n) is 6.58. The summed E-state index contributed by atoms with van der Waals surface area (Å²) < 4.78 is 8.38. The molecule has 0 spiro atoms. The van der Waals surface area contributed by atoms with Crippen LogP contribution >= 0.6 is 15.9 Å². The van der Waals surface area contributed by atoms with E-state index in [2.05, 4.69) is 39.3 Å². The summed E-state index contributed by atoms with van der Waals surface area (Å²) in [4.78, 5) is 0. The number of aryl methyl sites for hydroxylation is 2. The highest BCUT2D eigenvalue weighted by Crippen LogP contribution is 2.25. The summed E-state index contributed by atoms with van der Waals surface area (Å²) in [5.41, 5.74) is 3.31. The highest BCUT2D eigenvalue weighted by Gasteiger charge is 2.14. The Bertz CT molecular complexity index is 595. The molecule has 0 aliphatic heterocycles. The third-order valence-corrected chi connectivity index (χ3v) is 4.47. The molecule has 2 aromatic rings. The third kappa shape index (κ3) is 3.04. The Hall–Kier alpha value is -1.33. The van der Waals surface area contributed by atoms with Gasteiger partial charge in [-0.15, -0.1) is 0 Å². The second-order valence-corrected chi connectivity index (χ2v) is 5.61. The van der Waals surface area contributed by atoms with Crippen LogP contribution in [0.2, 0.25) is 0 Å². The lowest BCUT2D eigenvalue weighted by Crippen LogP contribution is -2.20. The summed E-state index contributed by atoms with van der Waals surface area (Å²) in [5.74, 6) is 0.910. The van der Waals surface area contributed by atoms with Gasteiger partial charge in [0.25, 0.3) is 0 Å². The molecule has 1 heterocycles. The number of rotatable bonds is 5. The molecule has 0 fully saturated rings. The van der Waals surface area contributed by atoms with E-state index in [0.717, 1.165) is 33.7 Å². The van der Waals surface area contributed by atoms with Gasteiger partial charge in [0.15, 0.2) is 0 Å². The van der Waals surface area contributed by atoms with Gasteiger partial charge in [0, 0.05) is 25.2 Å². The zero-order chi connectivity index (χ0) is 14.7. The Balaban J connectivity index is 2.10. The molecule has 0 radical (unpaired) electrons. The normalized spacial score (nSPS) is 12.4. The zero-order valence-electron chi connectivity index (χ0n) is 12.3. The SMILES string of the molecule is COc1ccccc1[C@@H](C)NCc1c(Br)c(C)nn1C. The Labute approximate surface area is 128 Å². The molecule has 5 heteroatoms. The Morgan fingerprint density at radius 2 is 2.10 bits per heavy atom. The minimum atomic E-state index is 0.202. The molecule has 0 aliphatic rings. The van der Waals surface area contributed by atoms with Crippen molar-refractivity contribution in [1.29, 1.82) is 0 Å². The average molecular weight is 338 g/mol. The zero-order valence-corrected chi connectivity index (χ0v) is 13.9. The number of methoxy groups -OCH3 is 1. The molecule has 1 aromatic heterocycles. The molecule has 0 unspecified atom stereocenters. The minimum Gasteiger partial charge on any atom is -0.496 e. The third-order valence-electron chi connectivity index (χ3n) is 3.44. The van der Waals surface area contributed by atoms with Gasteiger partial charge in [-0.2, -0.15) is 5.10 Å². The Morgan fingerprint density at radius 3 is 2.70 bits per heavy atom. The lowest BCUT2D eigenvalue weighted by atomic mass is 10.1. The fourth-order valence-electron chi connectivity index (χ4n) is 2.26. The van der Waals surface area contributed by atoms with Crippen molar-refractivity contribution in [2.45, 2.75) is 26.4 Å². The van der Waals surface area contributed by atoms with Crippen molar-refractivity contribution < 1.29 is 4.74 Å². The standard InChI is InChI=1S/C15H20BrN3O/c1-10(12-7-5-6-8-14(12)20-4)17-9-13-15(16)11(2)18-19(13)3/h5-8,10,17H,9H2,1-4H3/t10-/m1/s1. The molecule has 20 heavy (non-hydrogen) atoms. The summed E-state index contributed by atoms with van der Waals surface area (Å²) in [6, 6.07) is 8.28. The molecule has 1 N–H and O–H groups in total. The lowest BCUT2D eigenvalue weighted by molar-refractivity contribution is 0.401. The molecule has 0 saturated heterocycles.